The average Bonchev–Trinajstić information content (AvgIpc) is 2.35. The monoisotopic (exact) mass is 245 g/mol. The fourth-order valence-corrected chi connectivity index (χ4v) is 1.91. The van der Waals surface area contributed by atoms with E-state index >= 15 is 0 Å². The lowest BCUT2D eigenvalue weighted by atomic mass is 10.1. The molecule has 2 rings (SSSR count). The first-order valence-electron chi connectivity index (χ1n) is 5.78. The molecule has 5 heteroatoms. The van der Waals surface area contributed by atoms with E-state index < -0.39 is 5.97 Å². The quantitative estimate of drug-likeness (QED) is 0.891. The standard InChI is InChI=1S/C13H15N3O2/c1-9(2)16(8-13(17)18)12-7-14-15-11-6-4-3-5-10(11)12/h3-7,9H,8H2,1-2H3,(H,17,18). The number of carboxylic acid groups (broad SMARTS) is 1. The van der Waals surface area contributed by atoms with E-state index in [0.29, 0.717) is 0 Å². The normalized spacial score (nSPS) is 10.8. The Morgan fingerprint density at radius 3 is 2.78 bits per heavy atom. The Morgan fingerprint density at radius 2 is 2.11 bits per heavy atom. The van der Waals surface area contributed by atoms with Gasteiger partial charge in [0.1, 0.15) is 6.54 Å². The van der Waals surface area contributed by atoms with Gasteiger partial charge in [0.05, 0.1) is 17.4 Å². The number of rotatable bonds is 4. The van der Waals surface area contributed by atoms with Crippen LogP contribution in [0.15, 0.2) is 30.5 Å². The number of carboxylic acids is 1. The first-order chi connectivity index (χ1) is 8.59. The van der Waals surface area contributed by atoms with Crippen LogP contribution in [0.4, 0.5) is 5.69 Å². The van der Waals surface area contributed by atoms with Crippen LogP contribution in [-0.2, 0) is 4.79 Å². The van der Waals surface area contributed by atoms with Crippen molar-refractivity contribution < 1.29 is 9.90 Å². The molecule has 5 nitrogen and oxygen atoms in total. The Balaban J connectivity index is 2.53. The number of anilines is 1. The second kappa shape index (κ2) is 5.00. The molecule has 0 bridgehead atoms. The van der Waals surface area contributed by atoms with Crippen LogP contribution in [0, 0.1) is 0 Å². The molecule has 1 N–H and O–H groups in total. The lowest BCUT2D eigenvalue weighted by Crippen LogP contribution is -2.35. The molecule has 0 saturated carbocycles. The van der Waals surface area contributed by atoms with Crippen molar-refractivity contribution in [2.45, 2.75) is 19.9 Å². The van der Waals surface area contributed by atoms with Crippen molar-refractivity contribution >= 4 is 22.6 Å². The number of aromatic nitrogens is 2. The zero-order valence-corrected chi connectivity index (χ0v) is 10.4. The van der Waals surface area contributed by atoms with E-state index in [0.717, 1.165) is 16.6 Å². The fourth-order valence-electron chi connectivity index (χ4n) is 1.91. The van der Waals surface area contributed by atoms with Crippen LogP contribution < -0.4 is 4.90 Å². The summed E-state index contributed by atoms with van der Waals surface area (Å²) in [6, 6.07) is 7.67. The van der Waals surface area contributed by atoms with Gasteiger partial charge in [-0.2, -0.15) is 10.2 Å². The highest BCUT2D eigenvalue weighted by Gasteiger charge is 2.17. The van der Waals surface area contributed by atoms with Gasteiger partial charge in [-0.3, -0.25) is 4.79 Å². The maximum atomic E-state index is 10.9. The minimum absolute atomic E-state index is 0.0483. The van der Waals surface area contributed by atoms with Crippen molar-refractivity contribution in [1.82, 2.24) is 10.2 Å². The molecule has 0 aliphatic rings. The molecule has 0 saturated heterocycles. The van der Waals surface area contributed by atoms with Crippen molar-refractivity contribution in [2.75, 3.05) is 11.4 Å². The Morgan fingerprint density at radius 1 is 1.39 bits per heavy atom. The molecule has 1 heterocycles. The summed E-state index contributed by atoms with van der Waals surface area (Å²) < 4.78 is 0. The average molecular weight is 245 g/mol. The van der Waals surface area contributed by atoms with Gasteiger partial charge in [-0.25, -0.2) is 0 Å². The summed E-state index contributed by atoms with van der Waals surface area (Å²) in [6.07, 6.45) is 1.62. The van der Waals surface area contributed by atoms with Crippen LogP contribution >= 0.6 is 0 Å². The number of aliphatic carboxylic acids is 1. The number of hydrogen-bond acceptors (Lipinski definition) is 4. The van der Waals surface area contributed by atoms with E-state index in [1.54, 1.807) is 11.1 Å². The first-order valence-corrected chi connectivity index (χ1v) is 5.78. The van der Waals surface area contributed by atoms with Crippen LogP contribution in [0.25, 0.3) is 10.9 Å². The van der Waals surface area contributed by atoms with Gasteiger partial charge in [0.2, 0.25) is 0 Å². The Hall–Kier alpha value is -2.17. The van der Waals surface area contributed by atoms with Crippen LogP contribution in [0.3, 0.4) is 0 Å². The zero-order chi connectivity index (χ0) is 13.1. The van der Waals surface area contributed by atoms with Crippen LogP contribution in [0.2, 0.25) is 0 Å². The van der Waals surface area contributed by atoms with E-state index in [4.69, 9.17) is 5.11 Å². The predicted octanol–water partition coefficient (Wildman–Crippen LogP) is 1.93. The van der Waals surface area contributed by atoms with Crippen LogP contribution in [-0.4, -0.2) is 33.9 Å². The molecule has 0 unspecified atom stereocenters. The van der Waals surface area contributed by atoms with Crippen molar-refractivity contribution in [3.05, 3.63) is 30.5 Å². The maximum Gasteiger partial charge on any atom is 0.323 e. The smallest absolute Gasteiger partial charge is 0.323 e. The summed E-state index contributed by atoms with van der Waals surface area (Å²) >= 11 is 0. The molecule has 94 valence electrons. The number of carbonyl (C=O) groups is 1. The largest absolute Gasteiger partial charge is 0.480 e. The molecule has 0 spiro atoms. The molecule has 0 aliphatic heterocycles. The summed E-state index contributed by atoms with van der Waals surface area (Å²) in [6.45, 7) is 3.86. The van der Waals surface area contributed by atoms with Crippen molar-refractivity contribution in [2.24, 2.45) is 0 Å². The van der Waals surface area contributed by atoms with E-state index in [1.807, 2.05) is 38.1 Å². The molecular weight excluding hydrogens is 230 g/mol. The van der Waals surface area contributed by atoms with Gasteiger partial charge in [-0.05, 0) is 19.9 Å². The molecular formula is C13H15N3O2. The van der Waals surface area contributed by atoms with Crippen molar-refractivity contribution in [3.8, 4) is 0 Å². The van der Waals surface area contributed by atoms with E-state index in [2.05, 4.69) is 10.2 Å². The van der Waals surface area contributed by atoms with E-state index in [1.165, 1.54) is 0 Å². The molecule has 0 aliphatic carbocycles. The third kappa shape index (κ3) is 2.40. The lowest BCUT2D eigenvalue weighted by Gasteiger charge is -2.27. The molecule has 0 amide bonds. The topological polar surface area (TPSA) is 66.3 Å². The molecule has 0 radical (unpaired) electrons. The summed E-state index contributed by atoms with van der Waals surface area (Å²) in [7, 11) is 0. The molecule has 0 atom stereocenters. The predicted molar refractivity (Wildman–Crippen MR) is 69.7 cm³/mol. The summed E-state index contributed by atoms with van der Waals surface area (Å²) in [5, 5.41) is 17.9. The lowest BCUT2D eigenvalue weighted by molar-refractivity contribution is -0.135. The van der Waals surface area contributed by atoms with Gasteiger partial charge in [-0.1, -0.05) is 18.2 Å². The Labute approximate surface area is 105 Å². The Kier molecular flexibility index (Phi) is 3.41. The molecule has 0 fully saturated rings. The molecule has 2 aromatic rings. The second-order valence-corrected chi connectivity index (χ2v) is 4.36. The van der Waals surface area contributed by atoms with Gasteiger partial charge < -0.3 is 10.0 Å². The third-order valence-corrected chi connectivity index (χ3v) is 2.76. The van der Waals surface area contributed by atoms with Crippen molar-refractivity contribution in [3.63, 3.8) is 0 Å². The number of benzene rings is 1. The van der Waals surface area contributed by atoms with Crippen LogP contribution in [0.5, 0.6) is 0 Å². The van der Waals surface area contributed by atoms with Gasteiger partial charge in [0.25, 0.3) is 0 Å². The fraction of sp³-hybridized carbons (Fsp3) is 0.308. The maximum absolute atomic E-state index is 10.9. The summed E-state index contributed by atoms with van der Waals surface area (Å²) in [5.74, 6) is -0.857. The van der Waals surface area contributed by atoms with Crippen molar-refractivity contribution in [1.29, 1.82) is 0 Å². The minimum atomic E-state index is -0.857. The van der Waals surface area contributed by atoms with Crippen LogP contribution in [0.1, 0.15) is 13.8 Å². The van der Waals surface area contributed by atoms with Gasteiger partial charge >= 0.3 is 5.97 Å². The summed E-state index contributed by atoms with van der Waals surface area (Å²) in [4.78, 5) is 12.8. The number of fused-ring (bicyclic) bond motifs is 1. The number of hydrogen-bond donors (Lipinski definition) is 1. The third-order valence-electron chi connectivity index (χ3n) is 2.76. The zero-order valence-electron chi connectivity index (χ0n) is 10.4. The minimum Gasteiger partial charge on any atom is -0.480 e. The van der Waals surface area contributed by atoms with Gasteiger partial charge in [0, 0.05) is 11.4 Å². The first kappa shape index (κ1) is 12.3. The summed E-state index contributed by atoms with van der Waals surface area (Å²) in [5.41, 5.74) is 1.57. The van der Waals surface area contributed by atoms with E-state index in [9.17, 15) is 4.79 Å². The molecule has 1 aromatic carbocycles. The van der Waals surface area contributed by atoms with Gasteiger partial charge in [0.15, 0.2) is 0 Å². The number of nitrogens with zero attached hydrogens (tertiary/aromatic N) is 3. The van der Waals surface area contributed by atoms with Gasteiger partial charge in [-0.15, -0.1) is 0 Å². The second-order valence-electron chi connectivity index (χ2n) is 4.36. The Bertz CT molecular complexity index is 564. The highest BCUT2D eigenvalue weighted by atomic mass is 16.4. The molecule has 18 heavy (non-hydrogen) atoms. The van der Waals surface area contributed by atoms with E-state index in [-0.39, 0.29) is 12.6 Å². The molecule has 1 aromatic heterocycles. The highest BCUT2D eigenvalue weighted by Crippen LogP contribution is 2.25. The SMILES string of the molecule is CC(C)N(CC(=O)O)c1cnnc2ccccc12. The highest BCUT2D eigenvalue weighted by molar-refractivity contribution is 5.92.